The van der Waals surface area contributed by atoms with E-state index in [-0.39, 0.29) is 11.8 Å². The van der Waals surface area contributed by atoms with Gasteiger partial charge in [-0.15, -0.1) is 0 Å². The van der Waals surface area contributed by atoms with Gasteiger partial charge in [-0.25, -0.2) is 0 Å². The number of rotatable bonds is 6. The van der Waals surface area contributed by atoms with Crippen LogP contribution < -0.4 is 22.1 Å². The summed E-state index contributed by atoms with van der Waals surface area (Å²) in [4.78, 5) is 26.8. The Balaban J connectivity index is 1.06. The molecule has 0 unspecified atom stereocenters. The van der Waals surface area contributed by atoms with Gasteiger partial charge in [-0.2, -0.15) is 0 Å². The van der Waals surface area contributed by atoms with Crippen molar-refractivity contribution in [2.75, 3.05) is 22.1 Å². The summed E-state index contributed by atoms with van der Waals surface area (Å²) in [5, 5.41) is 10.0. The second-order valence-electron chi connectivity index (χ2n) is 13.5. The lowest BCUT2D eigenvalue weighted by atomic mass is 9.67. The second-order valence-corrected chi connectivity index (χ2v) is 13.5. The SMILES string of the molecule is Nc1ccc2ccc(C(=O)Nc3ccc(C4(c5ccc(NC(=O)c6ccc7ccc(N)cc7c6)cc5)c5ccccc5-c5ccccc54)cc3)cc2c1. The predicted octanol–water partition coefficient (Wildman–Crippen LogP) is 10.0. The van der Waals surface area contributed by atoms with Crippen LogP contribution in [0.5, 0.6) is 0 Å². The zero-order valence-electron chi connectivity index (χ0n) is 28.6. The van der Waals surface area contributed by atoms with Crippen LogP contribution in [0.15, 0.2) is 170 Å². The first-order valence-electron chi connectivity index (χ1n) is 17.5. The number of amides is 2. The van der Waals surface area contributed by atoms with E-state index < -0.39 is 5.41 Å². The molecule has 0 saturated carbocycles. The highest BCUT2D eigenvalue weighted by molar-refractivity contribution is 6.07. The Morgan fingerprint density at radius 1 is 0.415 bits per heavy atom. The minimum atomic E-state index is -0.644. The fourth-order valence-electron chi connectivity index (χ4n) is 7.85. The molecule has 6 heteroatoms. The van der Waals surface area contributed by atoms with Gasteiger partial charge in [-0.1, -0.05) is 97.1 Å². The van der Waals surface area contributed by atoms with E-state index in [1.165, 1.54) is 22.3 Å². The van der Waals surface area contributed by atoms with Crippen LogP contribution in [0.2, 0.25) is 0 Å². The highest BCUT2D eigenvalue weighted by Crippen LogP contribution is 2.56. The lowest BCUT2D eigenvalue weighted by Gasteiger charge is -2.34. The number of anilines is 4. The molecule has 0 radical (unpaired) electrons. The quantitative estimate of drug-likeness (QED) is 0.131. The van der Waals surface area contributed by atoms with E-state index >= 15 is 0 Å². The van der Waals surface area contributed by atoms with Gasteiger partial charge in [-0.3, -0.25) is 9.59 Å². The smallest absolute Gasteiger partial charge is 0.255 e. The van der Waals surface area contributed by atoms with Gasteiger partial charge in [0, 0.05) is 33.9 Å². The number of nitrogen functional groups attached to an aromatic ring is 2. The third kappa shape index (κ3) is 5.45. The van der Waals surface area contributed by atoms with E-state index in [1.807, 2.05) is 97.1 Å². The first-order valence-corrected chi connectivity index (χ1v) is 17.5. The molecule has 0 aromatic heterocycles. The van der Waals surface area contributed by atoms with Crippen LogP contribution in [0.1, 0.15) is 43.0 Å². The van der Waals surface area contributed by atoms with E-state index in [9.17, 15) is 9.59 Å². The molecule has 53 heavy (non-hydrogen) atoms. The fourth-order valence-corrected chi connectivity index (χ4v) is 7.85. The molecule has 0 heterocycles. The van der Waals surface area contributed by atoms with Gasteiger partial charge >= 0.3 is 0 Å². The molecule has 1 aliphatic rings. The molecule has 8 aromatic rings. The average Bonchev–Trinajstić information content (AvgIpc) is 3.49. The fraction of sp³-hybridized carbons (Fsp3) is 0.0213. The maximum atomic E-state index is 13.4. The van der Waals surface area contributed by atoms with E-state index in [0.29, 0.717) is 33.9 Å². The molecule has 2 amide bonds. The van der Waals surface area contributed by atoms with E-state index in [2.05, 4.69) is 83.4 Å². The van der Waals surface area contributed by atoms with Crippen LogP contribution in [0.3, 0.4) is 0 Å². The van der Waals surface area contributed by atoms with Crippen LogP contribution >= 0.6 is 0 Å². The van der Waals surface area contributed by atoms with Crippen molar-refractivity contribution < 1.29 is 9.59 Å². The number of fused-ring (bicyclic) bond motifs is 5. The van der Waals surface area contributed by atoms with Crippen molar-refractivity contribution in [3.8, 4) is 11.1 Å². The number of nitrogens with one attached hydrogen (secondary N) is 2. The van der Waals surface area contributed by atoms with Gasteiger partial charge < -0.3 is 22.1 Å². The van der Waals surface area contributed by atoms with Crippen molar-refractivity contribution >= 4 is 56.1 Å². The molecule has 8 aromatic carbocycles. The summed E-state index contributed by atoms with van der Waals surface area (Å²) in [5.41, 5.74) is 21.9. The number of hydrogen-bond acceptors (Lipinski definition) is 4. The monoisotopic (exact) mass is 686 g/mol. The number of benzene rings is 8. The van der Waals surface area contributed by atoms with Crippen molar-refractivity contribution in [1.29, 1.82) is 0 Å². The first-order chi connectivity index (χ1) is 25.9. The third-order valence-electron chi connectivity index (χ3n) is 10.4. The van der Waals surface area contributed by atoms with Crippen molar-refractivity contribution in [3.05, 3.63) is 203 Å². The molecule has 6 N–H and O–H groups in total. The van der Waals surface area contributed by atoms with E-state index in [0.717, 1.165) is 32.7 Å². The maximum absolute atomic E-state index is 13.4. The van der Waals surface area contributed by atoms with Gasteiger partial charge in [0.05, 0.1) is 5.41 Å². The highest BCUT2D eigenvalue weighted by Gasteiger charge is 2.45. The summed E-state index contributed by atoms with van der Waals surface area (Å²) in [6.45, 7) is 0. The number of hydrogen-bond donors (Lipinski definition) is 4. The predicted molar refractivity (Wildman–Crippen MR) is 216 cm³/mol. The number of carbonyl (C=O) groups excluding carboxylic acids is 2. The van der Waals surface area contributed by atoms with Crippen molar-refractivity contribution in [2.45, 2.75) is 5.41 Å². The summed E-state index contributed by atoms with van der Waals surface area (Å²) in [7, 11) is 0. The maximum Gasteiger partial charge on any atom is 0.255 e. The summed E-state index contributed by atoms with van der Waals surface area (Å²) in [5.74, 6) is -0.391. The highest BCUT2D eigenvalue weighted by atomic mass is 16.2. The third-order valence-corrected chi connectivity index (χ3v) is 10.4. The molecule has 9 rings (SSSR count). The van der Waals surface area contributed by atoms with Gasteiger partial charge in [-0.05, 0) is 128 Å². The second kappa shape index (κ2) is 12.5. The van der Waals surface area contributed by atoms with Crippen LogP contribution in [-0.4, -0.2) is 11.8 Å². The molecular formula is C47H34N4O2. The Morgan fingerprint density at radius 3 is 1.25 bits per heavy atom. The molecular weight excluding hydrogens is 653 g/mol. The Kier molecular flexibility index (Phi) is 7.52. The summed E-state index contributed by atoms with van der Waals surface area (Å²) in [6, 6.07) is 55.9. The van der Waals surface area contributed by atoms with Gasteiger partial charge in [0.15, 0.2) is 0 Å². The first kappa shape index (κ1) is 31.8. The van der Waals surface area contributed by atoms with E-state index in [4.69, 9.17) is 11.5 Å². The minimum absolute atomic E-state index is 0.196. The van der Waals surface area contributed by atoms with Crippen LogP contribution in [0.4, 0.5) is 22.7 Å². The van der Waals surface area contributed by atoms with Gasteiger partial charge in [0.2, 0.25) is 0 Å². The average molecular weight is 687 g/mol. The molecule has 0 fully saturated rings. The molecule has 0 spiro atoms. The Labute approximate surface area is 306 Å². The largest absolute Gasteiger partial charge is 0.399 e. The number of nitrogens with two attached hydrogens (primary N) is 2. The molecule has 254 valence electrons. The minimum Gasteiger partial charge on any atom is -0.399 e. The zero-order chi connectivity index (χ0) is 36.1. The van der Waals surface area contributed by atoms with Crippen LogP contribution in [-0.2, 0) is 5.41 Å². The topological polar surface area (TPSA) is 110 Å². The normalized spacial score (nSPS) is 12.6. The zero-order valence-corrected chi connectivity index (χ0v) is 28.6. The summed E-state index contributed by atoms with van der Waals surface area (Å²) >= 11 is 0. The van der Waals surface area contributed by atoms with Crippen molar-refractivity contribution in [2.24, 2.45) is 0 Å². The van der Waals surface area contributed by atoms with Crippen molar-refractivity contribution in [3.63, 3.8) is 0 Å². The lowest BCUT2D eigenvalue weighted by molar-refractivity contribution is 0.101. The van der Waals surface area contributed by atoms with Crippen molar-refractivity contribution in [1.82, 2.24) is 0 Å². The Bertz CT molecular complexity index is 2550. The molecule has 0 atom stereocenters. The standard InChI is InChI=1S/C47H34N4O2/c48-37-19-13-29-9-11-31(25-33(29)27-37)45(52)50-39-21-15-35(16-22-39)47(43-7-3-1-5-41(43)42-6-2-4-8-44(42)47)36-17-23-40(24-18-36)51-46(53)32-12-10-30-14-20-38(49)28-34(30)26-32/h1-28H,48-49H2,(H,50,52)(H,51,53). The lowest BCUT2D eigenvalue weighted by Crippen LogP contribution is -2.28. The molecule has 0 saturated heterocycles. The van der Waals surface area contributed by atoms with E-state index in [1.54, 1.807) is 0 Å². The summed E-state index contributed by atoms with van der Waals surface area (Å²) < 4.78 is 0. The molecule has 0 bridgehead atoms. The summed E-state index contributed by atoms with van der Waals surface area (Å²) in [6.07, 6.45) is 0. The Hall–Kier alpha value is -7.18. The molecule has 1 aliphatic carbocycles. The van der Waals surface area contributed by atoms with Gasteiger partial charge in [0.25, 0.3) is 11.8 Å². The number of carbonyl (C=O) groups is 2. The Morgan fingerprint density at radius 2 is 0.811 bits per heavy atom. The van der Waals surface area contributed by atoms with Crippen LogP contribution in [0.25, 0.3) is 32.7 Å². The molecule has 0 aliphatic heterocycles. The van der Waals surface area contributed by atoms with Gasteiger partial charge in [0.1, 0.15) is 0 Å². The van der Waals surface area contributed by atoms with Crippen LogP contribution in [0, 0.1) is 0 Å². The molecule has 6 nitrogen and oxygen atoms in total.